The van der Waals surface area contributed by atoms with E-state index in [2.05, 4.69) is 52.6 Å². The average Bonchev–Trinajstić information content (AvgIpc) is 2.92. The van der Waals surface area contributed by atoms with Crippen molar-refractivity contribution in [2.45, 2.75) is 70.9 Å². The molecule has 37 heavy (non-hydrogen) atoms. The molecule has 0 amide bonds. The molecule has 1 saturated heterocycles. The van der Waals surface area contributed by atoms with Crippen molar-refractivity contribution in [3.8, 4) is 11.3 Å². The third kappa shape index (κ3) is 6.72. The smallest absolute Gasteiger partial charge is 0.229 e. The quantitative estimate of drug-likeness (QED) is 0.362. The van der Waals surface area contributed by atoms with Crippen molar-refractivity contribution in [3.05, 3.63) is 65.7 Å². The number of benzene rings is 1. The van der Waals surface area contributed by atoms with E-state index >= 15 is 0 Å². The second-order valence-corrected chi connectivity index (χ2v) is 10.5. The standard InChI is InChI=1S/C30H37FN6/c1-21(2)37-16-14-22(15-17-37)18-23-8-13-28(32-19-23)27-20-33-30(35-26-11-9-24(31)10-12-26)36-29(27)34-25-6-4-3-5-7-25/h8-13,18-21,25H,3-7,14-17H2,1-2H3,(H2,33,34,35,36). The number of hydrogen-bond acceptors (Lipinski definition) is 6. The Morgan fingerprint density at radius 3 is 2.38 bits per heavy atom. The van der Waals surface area contributed by atoms with E-state index in [1.807, 2.05) is 12.4 Å². The van der Waals surface area contributed by atoms with E-state index in [-0.39, 0.29) is 5.82 Å². The Bertz CT molecular complexity index is 1190. The largest absolute Gasteiger partial charge is 0.367 e. The van der Waals surface area contributed by atoms with Gasteiger partial charge in [0.15, 0.2) is 0 Å². The summed E-state index contributed by atoms with van der Waals surface area (Å²) < 4.78 is 13.3. The average molecular weight is 501 g/mol. The number of aromatic nitrogens is 3. The zero-order chi connectivity index (χ0) is 25.6. The molecule has 6 nitrogen and oxygen atoms in total. The van der Waals surface area contributed by atoms with Crippen LogP contribution in [0.1, 0.15) is 64.4 Å². The molecular weight excluding hydrogens is 463 g/mol. The van der Waals surface area contributed by atoms with Crippen LogP contribution in [0.4, 0.5) is 21.8 Å². The molecule has 1 saturated carbocycles. The maximum atomic E-state index is 13.3. The van der Waals surface area contributed by atoms with Crippen LogP contribution in [0, 0.1) is 5.82 Å². The fraction of sp³-hybridized carbons (Fsp3) is 0.433. The Kier molecular flexibility index (Phi) is 8.09. The van der Waals surface area contributed by atoms with Crippen LogP contribution in [0.5, 0.6) is 0 Å². The van der Waals surface area contributed by atoms with Crippen LogP contribution in [-0.4, -0.2) is 45.0 Å². The SMILES string of the molecule is CC(C)N1CCC(=Cc2ccc(-c3cnc(Nc4ccc(F)cc4)nc3NC3CCCCC3)nc2)CC1. The summed E-state index contributed by atoms with van der Waals surface area (Å²) in [5, 5.41) is 6.86. The van der Waals surface area contributed by atoms with Crippen molar-refractivity contribution in [1.82, 2.24) is 19.9 Å². The van der Waals surface area contributed by atoms with Gasteiger partial charge in [-0.1, -0.05) is 37.0 Å². The molecule has 0 spiro atoms. The molecule has 2 fully saturated rings. The molecule has 0 unspecified atom stereocenters. The minimum absolute atomic E-state index is 0.271. The summed E-state index contributed by atoms with van der Waals surface area (Å²) in [4.78, 5) is 16.7. The second kappa shape index (κ2) is 11.8. The van der Waals surface area contributed by atoms with Crippen LogP contribution >= 0.6 is 0 Å². The third-order valence-corrected chi connectivity index (χ3v) is 7.44. The number of likely N-dealkylation sites (tertiary alicyclic amines) is 1. The molecule has 3 heterocycles. The van der Waals surface area contributed by atoms with Gasteiger partial charge in [-0.05, 0) is 75.4 Å². The molecule has 0 radical (unpaired) electrons. The number of rotatable bonds is 7. The summed E-state index contributed by atoms with van der Waals surface area (Å²) in [6, 6.07) is 11.4. The van der Waals surface area contributed by atoms with Gasteiger partial charge in [-0.25, -0.2) is 9.37 Å². The molecule has 1 aliphatic heterocycles. The monoisotopic (exact) mass is 500 g/mol. The van der Waals surface area contributed by atoms with E-state index in [9.17, 15) is 4.39 Å². The van der Waals surface area contributed by atoms with E-state index in [1.54, 1.807) is 12.1 Å². The Balaban J connectivity index is 1.35. The lowest BCUT2D eigenvalue weighted by molar-refractivity contribution is 0.208. The first kappa shape index (κ1) is 25.3. The Labute approximate surface area is 219 Å². The van der Waals surface area contributed by atoms with Gasteiger partial charge in [-0.3, -0.25) is 4.98 Å². The van der Waals surface area contributed by atoms with Gasteiger partial charge in [0.1, 0.15) is 11.6 Å². The highest BCUT2D eigenvalue weighted by Crippen LogP contribution is 2.30. The number of halogens is 1. The number of hydrogen-bond donors (Lipinski definition) is 2. The predicted molar refractivity (Wildman–Crippen MR) is 149 cm³/mol. The fourth-order valence-electron chi connectivity index (χ4n) is 5.20. The molecule has 7 heteroatoms. The summed E-state index contributed by atoms with van der Waals surface area (Å²) in [6.07, 6.45) is 14.3. The van der Waals surface area contributed by atoms with E-state index in [0.29, 0.717) is 18.0 Å². The summed E-state index contributed by atoms with van der Waals surface area (Å²) >= 11 is 0. The number of nitrogens with zero attached hydrogens (tertiary/aromatic N) is 4. The van der Waals surface area contributed by atoms with Gasteiger partial charge in [-0.15, -0.1) is 0 Å². The minimum Gasteiger partial charge on any atom is -0.367 e. The van der Waals surface area contributed by atoms with Crippen molar-refractivity contribution in [2.24, 2.45) is 0 Å². The lowest BCUT2D eigenvalue weighted by atomic mass is 9.95. The van der Waals surface area contributed by atoms with E-state index < -0.39 is 0 Å². The highest BCUT2D eigenvalue weighted by atomic mass is 19.1. The third-order valence-electron chi connectivity index (χ3n) is 7.44. The molecule has 5 rings (SSSR count). The van der Waals surface area contributed by atoms with Crippen molar-refractivity contribution in [1.29, 1.82) is 0 Å². The Morgan fingerprint density at radius 2 is 1.70 bits per heavy atom. The van der Waals surface area contributed by atoms with Gasteiger partial charge in [0.25, 0.3) is 0 Å². The number of anilines is 3. The maximum Gasteiger partial charge on any atom is 0.229 e. The lowest BCUT2D eigenvalue weighted by Crippen LogP contribution is -2.36. The highest BCUT2D eigenvalue weighted by Gasteiger charge is 2.19. The van der Waals surface area contributed by atoms with Gasteiger partial charge in [-0.2, -0.15) is 4.98 Å². The lowest BCUT2D eigenvalue weighted by Gasteiger charge is -2.31. The van der Waals surface area contributed by atoms with Gasteiger partial charge < -0.3 is 15.5 Å². The van der Waals surface area contributed by atoms with Crippen molar-refractivity contribution in [2.75, 3.05) is 23.7 Å². The molecule has 3 aromatic rings. The normalized spacial score (nSPS) is 17.1. The van der Waals surface area contributed by atoms with E-state index in [4.69, 9.17) is 9.97 Å². The Morgan fingerprint density at radius 1 is 0.946 bits per heavy atom. The van der Waals surface area contributed by atoms with Gasteiger partial charge in [0.2, 0.25) is 5.95 Å². The summed E-state index contributed by atoms with van der Waals surface area (Å²) in [5.41, 5.74) is 5.11. The van der Waals surface area contributed by atoms with E-state index in [1.165, 1.54) is 37.0 Å². The molecule has 1 aliphatic carbocycles. The first-order valence-corrected chi connectivity index (χ1v) is 13.6. The number of pyridine rings is 1. The first-order chi connectivity index (χ1) is 18.0. The number of piperidine rings is 1. The molecule has 0 atom stereocenters. The van der Waals surface area contributed by atoms with Crippen LogP contribution < -0.4 is 10.6 Å². The van der Waals surface area contributed by atoms with Gasteiger partial charge in [0.05, 0.1) is 11.3 Å². The van der Waals surface area contributed by atoms with Crippen molar-refractivity contribution >= 4 is 23.5 Å². The first-order valence-electron chi connectivity index (χ1n) is 13.6. The topological polar surface area (TPSA) is 66.0 Å². The van der Waals surface area contributed by atoms with Crippen LogP contribution in [0.25, 0.3) is 17.3 Å². The highest BCUT2D eigenvalue weighted by molar-refractivity contribution is 5.74. The summed E-state index contributed by atoms with van der Waals surface area (Å²) in [7, 11) is 0. The predicted octanol–water partition coefficient (Wildman–Crippen LogP) is 7.05. The molecule has 2 aromatic heterocycles. The minimum atomic E-state index is -0.271. The Hall–Kier alpha value is -3.32. The summed E-state index contributed by atoms with van der Waals surface area (Å²) in [5.74, 6) is 0.988. The van der Waals surface area contributed by atoms with Crippen molar-refractivity contribution in [3.63, 3.8) is 0 Å². The van der Waals surface area contributed by atoms with E-state index in [0.717, 1.165) is 67.1 Å². The summed E-state index contributed by atoms with van der Waals surface area (Å²) in [6.45, 7) is 6.79. The fourth-order valence-corrected chi connectivity index (χ4v) is 5.20. The molecule has 194 valence electrons. The van der Waals surface area contributed by atoms with Crippen LogP contribution in [-0.2, 0) is 0 Å². The van der Waals surface area contributed by atoms with Crippen molar-refractivity contribution < 1.29 is 4.39 Å². The molecule has 1 aromatic carbocycles. The molecule has 0 bridgehead atoms. The van der Waals surface area contributed by atoms with Gasteiger partial charge in [0, 0.05) is 43.3 Å². The van der Waals surface area contributed by atoms with Crippen LogP contribution in [0.3, 0.4) is 0 Å². The molecule has 2 aliphatic rings. The number of nitrogens with one attached hydrogen (secondary N) is 2. The zero-order valence-corrected chi connectivity index (χ0v) is 21.9. The maximum absolute atomic E-state index is 13.3. The van der Waals surface area contributed by atoms with Crippen LogP contribution in [0.15, 0.2) is 54.4 Å². The molecular formula is C30H37FN6. The molecule has 2 N–H and O–H groups in total. The van der Waals surface area contributed by atoms with Crippen LogP contribution in [0.2, 0.25) is 0 Å². The van der Waals surface area contributed by atoms with Gasteiger partial charge >= 0.3 is 0 Å². The second-order valence-electron chi connectivity index (χ2n) is 10.5. The zero-order valence-electron chi connectivity index (χ0n) is 21.9.